The van der Waals surface area contributed by atoms with Gasteiger partial charge in [0, 0.05) is 11.3 Å². The number of hydrogen-bond acceptors (Lipinski definition) is 4. The van der Waals surface area contributed by atoms with Crippen LogP contribution in [0.3, 0.4) is 0 Å². The van der Waals surface area contributed by atoms with E-state index in [0.29, 0.717) is 24.7 Å². The highest BCUT2D eigenvalue weighted by Crippen LogP contribution is 2.16. The van der Waals surface area contributed by atoms with Gasteiger partial charge in [0.05, 0.1) is 13.2 Å². The van der Waals surface area contributed by atoms with Crippen LogP contribution in [-0.2, 0) is 0 Å². The highest BCUT2D eigenvalue weighted by molar-refractivity contribution is 7.80. The minimum Gasteiger partial charge on any atom is -0.494 e. The van der Waals surface area contributed by atoms with Crippen LogP contribution in [0, 0.1) is 5.92 Å². The van der Waals surface area contributed by atoms with Crippen molar-refractivity contribution in [3.05, 3.63) is 54.1 Å². The first kappa shape index (κ1) is 21.7. The Morgan fingerprint density at radius 1 is 1.00 bits per heavy atom. The maximum absolute atomic E-state index is 12.3. The molecule has 0 radical (unpaired) electrons. The number of ether oxygens (including phenoxy) is 2. The van der Waals surface area contributed by atoms with Crippen molar-refractivity contribution in [1.29, 1.82) is 0 Å². The summed E-state index contributed by atoms with van der Waals surface area (Å²) in [5, 5.41) is 5.92. The maximum Gasteiger partial charge on any atom is 0.257 e. The van der Waals surface area contributed by atoms with Crippen LogP contribution in [0.4, 0.5) is 5.69 Å². The van der Waals surface area contributed by atoms with Crippen molar-refractivity contribution in [2.45, 2.75) is 33.6 Å². The van der Waals surface area contributed by atoms with E-state index in [9.17, 15) is 4.79 Å². The average molecular weight is 401 g/mol. The van der Waals surface area contributed by atoms with E-state index in [1.54, 1.807) is 24.3 Å². The second-order valence-corrected chi connectivity index (χ2v) is 7.27. The molecule has 0 atom stereocenters. The summed E-state index contributed by atoms with van der Waals surface area (Å²) in [7, 11) is 0. The normalized spacial score (nSPS) is 10.4. The van der Waals surface area contributed by atoms with E-state index in [2.05, 4.69) is 31.4 Å². The molecule has 5 nitrogen and oxygen atoms in total. The zero-order valence-corrected chi connectivity index (χ0v) is 17.5. The zero-order valence-electron chi connectivity index (χ0n) is 16.7. The molecule has 2 rings (SSSR count). The lowest BCUT2D eigenvalue weighted by Crippen LogP contribution is -2.34. The molecule has 0 fully saturated rings. The molecule has 0 bridgehead atoms. The number of thiocarbonyl (C=S) groups is 1. The third-order valence-corrected chi connectivity index (χ3v) is 4.01. The predicted molar refractivity (Wildman–Crippen MR) is 117 cm³/mol. The third-order valence-electron chi connectivity index (χ3n) is 3.81. The molecule has 1 amide bonds. The van der Waals surface area contributed by atoms with Gasteiger partial charge in [-0.05, 0) is 73.1 Å². The third kappa shape index (κ3) is 7.56. The van der Waals surface area contributed by atoms with Gasteiger partial charge in [-0.1, -0.05) is 27.2 Å². The standard InChI is InChI=1S/C22H28N2O3S/c1-4-5-14-26-19-12-8-18(9-13-19)23-22(28)24-21(25)17-6-10-20(11-7-17)27-15-16(2)3/h6-13,16H,4-5,14-15H2,1-3H3,(H2,23,24,25,28). The lowest BCUT2D eigenvalue weighted by Gasteiger charge is -2.11. The Hall–Kier alpha value is -2.60. The Morgan fingerprint density at radius 2 is 1.61 bits per heavy atom. The molecule has 2 aromatic rings. The summed E-state index contributed by atoms with van der Waals surface area (Å²) in [4.78, 5) is 12.3. The average Bonchev–Trinajstić information content (AvgIpc) is 2.68. The van der Waals surface area contributed by atoms with Crippen LogP contribution in [0.15, 0.2) is 48.5 Å². The van der Waals surface area contributed by atoms with Crippen molar-refractivity contribution >= 4 is 28.9 Å². The van der Waals surface area contributed by atoms with Crippen LogP contribution in [0.1, 0.15) is 44.0 Å². The molecule has 0 saturated carbocycles. The van der Waals surface area contributed by atoms with Gasteiger partial charge in [0.1, 0.15) is 11.5 Å². The Kier molecular flexibility index (Phi) is 8.75. The fraction of sp³-hybridized carbons (Fsp3) is 0.364. The van der Waals surface area contributed by atoms with E-state index >= 15 is 0 Å². The van der Waals surface area contributed by atoms with E-state index in [1.807, 2.05) is 24.3 Å². The minimum absolute atomic E-state index is 0.241. The van der Waals surface area contributed by atoms with Crippen LogP contribution >= 0.6 is 12.2 Å². The molecule has 0 aromatic heterocycles. The van der Waals surface area contributed by atoms with Crippen molar-refractivity contribution < 1.29 is 14.3 Å². The molecule has 2 aromatic carbocycles. The van der Waals surface area contributed by atoms with Crippen LogP contribution in [-0.4, -0.2) is 24.2 Å². The summed E-state index contributed by atoms with van der Waals surface area (Å²) >= 11 is 5.23. The Bertz CT molecular complexity index is 758. The fourth-order valence-electron chi connectivity index (χ4n) is 2.27. The molecule has 0 heterocycles. The number of nitrogens with one attached hydrogen (secondary N) is 2. The first-order chi connectivity index (χ1) is 13.5. The molecule has 0 spiro atoms. The number of anilines is 1. The summed E-state index contributed by atoms with van der Waals surface area (Å²) in [5.74, 6) is 1.73. The summed E-state index contributed by atoms with van der Waals surface area (Å²) in [6.07, 6.45) is 2.13. The molecule has 0 aliphatic heterocycles. The smallest absolute Gasteiger partial charge is 0.257 e. The lowest BCUT2D eigenvalue weighted by molar-refractivity contribution is 0.0977. The summed E-state index contributed by atoms with van der Waals surface area (Å²) in [6, 6.07) is 14.5. The van der Waals surface area contributed by atoms with E-state index in [4.69, 9.17) is 21.7 Å². The number of rotatable bonds is 9. The molecule has 0 aliphatic rings. The van der Waals surface area contributed by atoms with Gasteiger partial charge in [0.25, 0.3) is 5.91 Å². The van der Waals surface area contributed by atoms with E-state index in [-0.39, 0.29) is 11.0 Å². The molecule has 150 valence electrons. The van der Waals surface area contributed by atoms with Crippen LogP contribution < -0.4 is 20.1 Å². The van der Waals surface area contributed by atoms with Gasteiger partial charge in [-0.3, -0.25) is 10.1 Å². The largest absolute Gasteiger partial charge is 0.494 e. The Labute approximate surface area is 172 Å². The number of carbonyl (C=O) groups excluding carboxylic acids is 1. The van der Waals surface area contributed by atoms with Crippen molar-refractivity contribution in [1.82, 2.24) is 5.32 Å². The molecule has 2 N–H and O–H groups in total. The quantitative estimate of drug-likeness (QED) is 0.457. The first-order valence-electron chi connectivity index (χ1n) is 9.56. The Balaban J connectivity index is 1.82. The van der Waals surface area contributed by atoms with Gasteiger partial charge < -0.3 is 14.8 Å². The van der Waals surface area contributed by atoms with Gasteiger partial charge >= 0.3 is 0 Å². The van der Waals surface area contributed by atoms with Gasteiger partial charge in [-0.15, -0.1) is 0 Å². The molecule has 0 aliphatic carbocycles. The van der Waals surface area contributed by atoms with Crippen molar-refractivity contribution in [2.24, 2.45) is 5.92 Å². The van der Waals surface area contributed by atoms with Crippen LogP contribution in [0.5, 0.6) is 11.5 Å². The molecule has 6 heteroatoms. The molecule has 0 saturated heterocycles. The maximum atomic E-state index is 12.3. The van der Waals surface area contributed by atoms with Crippen molar-refractivity contribution in [3.8, 4) is 11.5 Å². The number of carbonyl (C=O) groups is 1. The van der Waals surface area contributed by atoms with Gasteiger partial charge in [-0.25, -0.2) is 0 Å². The lowest BCUT2D eigenvalue weighted by atomic mass is 10.2. The fourth-order valence-corrected chi connectivity index (χ4v) is 2.48. The number of unbranched alkanes of at least 4 members (excludes halogenated alkanes) is 1. The number of benzene rings is 2. The summed E-state index contributed by atoms with van der Waals surface area (Å²) < 4.78 is 11.3. The number of hydrogen-bond donors (Lipinski definition) is 2. The summed E-state index contributed by atoms with van der Waals surface area (Å²) in [6.45, 7) is 7.65. The predicted octanol–water partition coefficient (Wildman–Crippen LogP) is 5.03. The van der Waals surface area contributed by atoms with Crippen LogP contribution in [0.2, 0.25) is 0 Å². The first-order valence-corrected chi connectivity index (χ1v) is 9.96. The second-order valence-electron chi connectivity index (χ2n) is 6.86. The van der Waals surface area contributed by atoms with Gasteiger partial charge in [-0.2, -0.15) is 0 Å². The van der Waals surface area contributed by atoms with Gasteiger partial charge in [0.2, 0.25) is 0 Å². The minimum atomic E-state index is -0.271. The number of amides is 1. The molecular formula is C22H28N2O3S. The molecule has 28 heavy (non-hydrogen) atoms. The SMILES string of the molecule is CCCCOc1ccc(NC(=S)NC(=O)c2ccc(OCC(C)C)cc2)cc1. The van der Waals surface area contributed by atoms with Crippen LogP contribution in [0.25, 0.3) is 0 Å². The molecular weight excluding hydrogens is 372 g/mol. The zero-order chi connectivity index (χ0) is 20.4. The molecule has 0 unspecified atom stereocenters. The van der Waals surface area contributed by atoms with Crippen molar-refractivity contribution in [3.63, 3.8) is 0 Å². The Morgan fingerprint density at radius 3 is 2.21 bits per heavy atom. The topological polar surface area (TPSA) is 59.6 Å². The van der Waals surface area contributed by atoms with E-state index in [1.165, 1.54) is 0 Å². The highest BCUT2D eigenvalue weighted by Gasteiger charge is 2.09. The second kappa shape index (κ2) is 11.3. The monoisotopic (exact) mass is 400 g/mol. The van der Waals surface area contributed by atoms with E-state index in [0.717, 1.165) is 30.0 Å². The van der Waals surface area contributed by atoms with Gasteiger partial charge in [0.15, 0.2) is 5.11 Å². The van der Waals surface area contributed by atoms with E-state index < -0.39 is 0 Å². The van der Waals surface area contributed by atoms with Crippen molar-refractivity contribution in [2.75, 3.05) is 18.5 Å². The summed E-state index contributed by atoms with van der Waals surface area (Å²) in [5.41, 5.74) is 1.30. The highest BCUT2D eigenvalue weighted by atomic mass is 32.1.